The van der Waals surface area contributed by atoms with Gasteiger partial charge in [0, 0.05) is 23.1 Å². The molecule has 1 amide bonds. The summed E-state index contributed by atoms with van der Waals surface area (Å²) < 4.78 is 38.5. The third kappa shape index (κ3) is 3.77. The fourth-order valence-corrected chi connectivity index (χ4v) is 2.90. The highest BCUT2D eigenvalue weighted by molar-refractivity contribution is 9.10. The van der Waals surface area contributed by atoms with Crippen molar-refractivity contribution in [3.63, 3.8) is 0 Å². The molecule has 1 aromatic rings. The van der Waals surface area contributed by atoms with E-state index in [1.54, 1.807) is 4.90 Å². The van der Waals surface area contributed by atoms with Gasteiger partial charge in [0.2, 0.25) is 0 Å². The zero-order valence-electron chi connectivity index (χ0n) is 11.3. The summed E-state index contributed by atoms with van der Waals surface area (Å²) in [4.78, 5) is 13.9. The van der Waals surface area contributed by atoms with E-state index in [2.05, 4.69) is 15.9 Å². The van der Waals surface area contributed by atoms with Gasteiger partial charge in [0.25, 0.3) is 5.91 Å². The van der Waals surface area contributed by atoms with Gasteiger partial charge in [-0.05, 0) is 43.5 Å². The summed E-state index contributed by atoms with van der Waals surface area (Å²) in [6.07, 6.45) is -2.89. The van der Waals surface area contributed by atoms with E-state index in [1.807, 2.05) is 0 Å². The number of carbonyl (C=O) groups excluding carboxylic acids is 1. The van der Waals surface area contributed by atoms with Crippen LogP contribution in [0.15, 0.2) is 22.7 Å². The molecule has 21 heavy (non-hydrogen) atoms. The fourth-order valence-electron chi connectivity index (χ4n) is 2.43. The lowest BCUT2D eigenvalue weighted by Crippen LogP contribution is -2.40. The number of likely N-dealkylation sites (tertiary alicyclic amines) is 1. The first kappa shape index (κ1) is 16.3. The minimum atomic E-state index is -4.48. The first-order chi connectivity index (χ1) is 9.82. The van der Waals surface area contributed by atoms with Crippen LogP contribution in [0.25, 0.3) is 0 Å². The maximum Gasteiger partial charge on any atom is 0.417 e. The number of nitrogens with zero attached hydrogens (tertiary/aromatic N) is 1. The highest BCUT2D eigenvalue weighted by atomic mass is 79.9. The summed E-state index contributed by atoms with van der Waals surface area (Å²) >= 11 is 2.87. The molecule has 1 aliphatic heterocycles. The van der Waals surface area contributed by atoms with Gasteiger partial charge < -0.3 is 10.6 Å². The Bertz CT molecular complexity index is 525. The number of benzene rings is 1. The van der Waals surface area contributed by atoms with Crippen molar-refractivity contribution in [1.82, 2.24) is 4.90 Å². The van der Waals surface area contributed by atoms with Crippen molar-refractivity contribution in [3.05, 3.63) is 33.8 Å². The third-order valence-electron chi connectivity index (χ3n) is 3.75. The molecule has 0 spiro atoms. The second kappa shape index (κ2) is 6.36. The SMILES string of the molecule is NCC1CCN(C(=O)c2ccc(Br)c(C(F)(F)F)c2)CC1. The van der Waals surface area contributed by atoms with Gasteiger partial charge in [0.15, 0.2) is 0 Å². The Kier molecular flexibility index (Phi) is 4.93. The van der Waals surface area contributed by atoms with Gasteiger partial charge in [-0.1, -0.05) is 15.9 Å². The zero-order chi connectivity index (χ0) is 15.6. The van der Waals surface area contributed by atoms with E-state index in [-0.39, 0.29) is 15.9 Å². The molecule has 7 heteroatoms. The molecular formula is C14H16BrF3N2O. The molecule has 0 unspecified atom stereocenters. The molecule has 1 aromatic carbocycles. The molecule has 0 radical (unpaired) electrons. The van der Waals surface area contributed by atoms with Crippen LogP contribution in [-0.2, 0) is 6.18 Å². The van der Waals surface area contributed by atoms with E-state index in [0.29, 0.717) is 25.6 Å². The van der Waals surface area contributed by atoms with E-state index in [4.69, 9.17) is 5.73 Å². The number of rotatable bonds is 2. The summed E-state index contributed by atoms with van der Waals surface area (Å²) in [6, 6.07) is 3.58. The van der Waals surface area contributed by atoms with Crippen molar-refractivity contribution < 1.29 is 18.0 Å². The number of amides is 1. The Morgan fingerprint density at radius 2 is 1.95 bits per heavy atom. The fraction of sp³-hybridized carbons (Fsp3) is 0.500. The van der Waals surface area contributed by atoms with Crippen LogP contribution in [0.1, 0.15) is 28.8 Å². The quantitative estimate of drug-likeness (QED) is 0.875. The van der Waals surface area contributed by atoms with Crippen LogP contribution in [-0.4, -0.2) is 30.4 Å². The first-order valence-corrected chi connectivity index (χ1v) is 7.48. The average Bonchev–Trinajstić information content (AvgIpc) is 2.46. The highest BCUT2D eigenvalue weighted by Crippen LogP contribution is 2.35. The lowest BCUT2D eigenvalue weighted by molar-refractivity contribution is -0.138. The van der Waals surface area contributed by atoms with E-state index >= 15 is 0 Å². The molecule has 0 aliphatic carbocycles. The Balaban J connectivity index is 2.17. The van der Waals surface area contributed by atoms with Crippen LogP contribution in [0.5, 0.6) is 0 Å². The maximum absolute atomic E-state index is 12.9. The van der Waals surface area contributed by atoms with Crippen LogP contribution in [0, 0.1) is 5.92 Å². The molecule has 2 N–H and O–H groups in total. The number of halogens is 4. The predicted molar refractivity (Wildman–Crippen MR) is 76.8 cm³/mol. The van der Waals surface area contributed by atoms with Gasteiger partial charge in [-0.15, -0.1) is 0 Å². The molecule has 0 bridgehead atoms. The van der Waals surface area contributed by atoms with Crippen LogP contribution in [0.3, 0.4) is 0 Å². The molecule has 3 nitrogen and oxygen atoms in total. The number of carbonyl (C=O) groups is 1. The van der Waals surface area contributed by atoms with Crippen molar-refractivity contribution in [3.8, 4) is 0 Å². The van der Waals surface area contributed by atoms with Gasteiger partial charge in [-0.3, -0.25) is 4.79 Å². The summed E-state index contributed by atoms with van der Waals surface area (Å²) in [5, 5.41) is 0. The van der Waals surface area contributed by atoms with Gasteiger partial charge in [0.05, 0.1) is 5.56 Å². The molecule has 1 saturated heterocycles. The van der Waals surface area contributed by atoms with Gasteiger partial charge >= 0.3 is 6.18 Å². The summed E-state index contributed by atoms with van der Waals surface area (Å²) in [5.41, 5.74) is 4.82. The van der Waals surface area contributed by atoms with Crippen molar-refractivity contribution in [2.24, 2.45) is 11.7 Å². The third-order valence-corrected chi connectivity index (χ3v) is 4.45. The maximum atomic E-state index is 12.9. The summed E-state index contributed by atoms with van der Waals surface area (Å²) in [5.74, 6) is 0.0353. The molecule has 2 rings (SSSR count). The standard InChI is InChI=1S/C14H16BrF3N2O/c15-12-2-1-10(7-11(12)14(16,17)18)13(21)20-5-3-9(8-19)4-6-20/h1-2,7,9H,3-6,8,19H2. The number of nitrogens with two attached hydrogens (primary N) is 1. The largest absolute Gasteiger partial charge is 0.417 e. The summed E-state index contributed by atoms with van der Waals surface area (Å²) in [6.45, 7) is 1.66. The van der Waals surface area contributed by atoms with Crippen molar-refractivity contribution >= 4 is 21.8 Å². The van der Waals surface area contributed by atoms with E-state index in [0.717, 1.165) is 18.9 Å². The smallest absolute Gasteiger partial charge is 0.339 e. The zero-order valence-corrected chi connectivity index (χ0v) is 12.9. The van der Waals surface area contributed by atoms with E-state index in [9.17, 15) is 18.0 Å². The monoisotopic (exact) mass is 364 g/mol. The Hall–Kier alpha value is -1.08. The Morgan fingerprint density at radius 1 is 1.33 bits per heavy atom. The first-order valence-electron chi connectivity index (χ1n) is 6.69. The van der Waals surface area contributed by atoms with Crippen molar-refractivity contribution in [2.75, 3.05) is 19.6 Å². The molecule has 0 aromatic heterocycles. The minimum absolute atomic E-state index is 0.0617. The van der Waals surface area contributed by atoms with Gasteiger partial charge in [0.1, 0.15) is 0 Å². The van der Waals surface area contributed by atoms with E-state index in [1.165, 1.54) is 12.1 Å². The van der Waals surface area contributed by atoms with Crippen molar-refractivity contribution in [2.45, 2.75) is 19.0 Å². The van der Waals surface area contributed by atoms with Crippen LogP contribution in [0.4, 0.5) is 13.2 Å². The summed E-state index contributed by atoms with van der Waals surface area (Å²) in [7, 11) is 0. The lowest BCUT2D eigenvalue weighted by Gasteiger charge is -2.31. The predicted octanol–water partition coefficient (Wildman–Crippen LogP) is 3.28. The Labute approximate surface area is 129 Å². The number of hydrogen-bond donors (Lipinski definition) is 1. The number of hydrogen-bond acceptors (Lipinski definition) is 2. The second-order valence-electron chi connectivity index (χ2n) is 5.16. The minimum Gasteiger partial charge on any atom is -0.339 e. The van der Waals surface area contributed by atoms with Crippen LogP contribution >= 0.6 is 15.9 Å². The van der Waals surface area contributed by atoms with Gasteiger partial charge in [-0.2, -0.15) is 13.2 Å². The van der Waals surface area contributed by atoms with Crippen LogP contribution in [0.2, 0.25) is 0 Å². The molecular weight excluding hydrogens is 349 g/mol. The molecule has 0 saturated carbocycles. The average molecular weight is 365 g/mol. The molecule has 1 aliphatic rings. The van der Waals surface area contributed by atoms with Gasteiger partial charge in [-0.25, -0.2) is 0 Å². The Morgan fingerprint density at radius 3 is 2.48 bits per heavy atom. The highest BCUT2D eigenvalue weighted by Gasteiger charge is 2.34. The molecule has 116 valence electrons. The number of alkyl halides is 3. The topological polar surface area (TPSA) is 46.3 Å². The second-order valence-corrected chi connectivity index (χ2v) is 6.02. The molecule has 1 fully saturated rings. The van der Waals surface area contributed by atoms with E-state index < -0.39 is 11.7 Å². The lowest BCUT2D eigenvalue weighted by atomic mass is 9.96. The van der Waals surface area contributed by atoms with Crippen LogP contribution < -0.4 is 5.73 Å². The van der Waals surface area contributed by atoms with Crippen molar-refractivity contribution in [1.29, 1.82) is 0 Å². The molecule has 1 heterocycles. The normalized spacial score (nSPS) is 17.1. The number of piperidine rings is 1. The molecule has 0 atom stereocenters.